The summed E-state index contributed by atoms with van der Waals surface area (Å²) in [6, 6.07) is 13.7. The van der Waals surface area contributed by atoms with E-state index in [4.69, 9.17) is 9.47 Å². The van der Waals surface area contributed by atoms with Gasteiger partial charge in [-0.3, -0.25) is 19.7 Å². The molecule has 3 heterocycles. The molecule has 4 atom stereocenters. The Bertz CT molecular complexity index is 1520. The van der Waals surface area contributed by atoms with Gasteiger partial charge in [-0.15, -0.1) is 0 Å². The first-order valence-corrected chi connectivity index (χ1v) is 12.5. The Morgan fingerprint density at radius 1 is 1.00 bits per heavy atom. The number of fused-ring (bicyclic) bond motifs is 6. The summed E-state index contributed by atoms with van der Waals surface area (Å²) >= 11 is 0. The molecule has 8 nitrogen and oxygen atoms in total. The molecule has 0 N–H and O–H groups in total. The van der Waals surface area contributed by atoms with Gasteiger partial charge in [-0.05, 0) is 56.2 Å². The molecule has 2 amide bonds. The van der Waals surface area contributed by atoms with E-state index in [-0.39, 0.29) is 24.5 Å². The van der Waals surface area contributed by atoms with Crippen LogP contribution >= 0.6 is 0 Å². The van der Waals surface area contributed by atoms with Gasteiger partial charge < -0.3 is 9.47 Å². The molecule has 202 valence electrons. The third kappa shape index (κ3) is 3.78. The maximum absolute atomic E-state index is 13.9. The van der Waals surface area contributed by atoms with Crippen LogP contribution in [-0.4, -0.2) is 34.5 Å². The minimum absolute atomic E-state index is 0.0760. The van der Waals surface area contributed by atoms with Gasteiger partial charge in [0.05, 0.1) is 51.2 Å². The van der Waals surface area contributed by atoms with Crippen molar-refractivity contribution in [3.8, 4) is 5.75 Å². The summed E-state index contributed by atoms with van der Waals surface area (Å²) in [5, 5.41) is 12.3. The number of nitro groups is 1. The summed E-state index contributed by atoms with van der Waals surface area (Å²) in [4.78, 5) is 39.9. The number of imide groups is 1. The van der Waals surface area contributed by atoms with Crippen LogP contribution in [-0.2, 0) is 20.5 Å². The lowest BCUT2D eigenvalue weighted by atomic mass is 9.67. The number of hydrogen-bond donors (Lipinski definition) is 0. The van der Waals surface area contributed by atoms with Crippen molar-refractivity contribution in [2.45, 2.75) is 43.6 Å². The maximum Gasteiger partial charge on any atom is 0.416 e. The van der Waals surface area contributed by atoms with E-state index in [1.54, 1.807) is 24.3 Å². The Balaban J connectivity index is 1.28. The molecule has 0 spiro atoms. The van der Waals surface area contributed by atoms with Crippen LogP contribution in [0.4, 0.5) is 24.5 Å². The summed E-state index contributed by atoms with van der Waals surface area (Å²) in [6.07, 6.45) is -3.11. The van der Waals surface area contributed by atoms with Gasteiger partial charge in [-0.1, -0.05) is 18.2 Å². The lowest BCUT2D eigenvalue weighted by Crippen LogP contribution is -2.43. The van der Waals surface area contributed by atoms with Crippen LogP contribution in [0.5, 0.6) is 5.75 Å². The Morgan fingerprint density at radius 2 is 1.67 bits per heavy atom. The van der Waals surface area contributed by atoms with Crippen LogP contribution in [0, 0.1) is 22.0 Å². The molecule has 3 aromatic rings. The van der Waals surface area contributed by atoms with E-state index in [0.29, 0.717) is 29.3 Å². The third-order valence-corrected chi connectivity index (χ3v) is 8.30. The van der Waals surface area contributed by atoms with Crippen molar-refractivity contribution in [2.24, 2.45) is 11.8 Å². The van der Waals surface area contributed by atoms with Crippen molar-refractivity contribution in [1.82, 2.24) is 0 Å². The first-order valence-electron chi connectivity index (χ1n) is 12.5. The predicted octanol–water partition coefficient (Wildman–Crippen LogP) is 5.66. The molecule has 0 aromatic heterocycles. The van der Waals surface area contributed by atoms with E-state index in [9.17, 15) is 32.9 Å². The Hall–Kier alpha value is -3.99. The SMILES string of the molecule is CC12CCC(CCOc3ccc(C(F)(F)F)cc3)(O1)C1C(=O)N(c3ccc([N+](=O)[O-])c4ccccc34)C(=O)C12. The summed E-state index contributed by atoms with van der Waals surface area (Å²) in [5.41, 5.74) is -2.45. The van der Waals surface area contributed by atoms with Crippen molar-refractivity contribution in [1.29, 1.82) is 0 Å². The Labute approximate surface area is 220 Å². The summed E-state index contributed by atoms with van der Waals surface area (Å²) in [7, 11) is 0. The topological polar surface area (TPSA) is 99.0 Å². The summed E-state index contributed by atoms with van der Waals surface area (Å²) in [5.74, 6) is -2.08. The normalized spacial score (nSPS) is 27.8. The minimum Gasteiger partial charge on any atom is -0.493 e. The number of amides is 2. The second-order valence-corrected chi connectivity index (χ2v) is 10.5. The van der Waals surface area contributed by atoms with Gasteiger partial charge >= 0.3 is 6.18 Å². The summed E-state index contributed by atoms with van der Waals surface area (Å²) in [6.45, 7) is 1.89. The van der Waals surface area contributed by atoms with Crippen LogP contribution in [0.25, 0.3) is 10.8 Å². The molecule has 3 aliphatic heterocycles. The molecule has 3 saturated heterocycles. The Kier molecular flexibility index (Phi) is 5.52. The number of hydrogen-bond acceptors (Lipinski definition) is 6. The second kappa shape index (κ2) is 8.51. The average Bonchev–Trinajstić information content (AvgIpc) is 3.47. The number of alkyl halides is 3. The number of non-ortho nitro benzene ring substituents is 1. The van der Waals surface area contributed by atoms with E-state index in [1.165, 1.54) is 24.3 Å². The first-order chi connectivity index (χ1) is 18.5. The monoisotopic (exact) mass is 540 g/mol. The van der Waals surface area contributed by atoms with Crippen LogP contribution in [0.1, 0.15) is 31.7 Å². The molecule has 6 rings (SSSR count). The zero-order chi connectivity index (χ0) is 27.7. The van der Waals surface area contributed by atoms with Crippen molar-refractivity contribution in [3.05, 3.63) is 76.3 Å². The fraction of sp³-hybridized carbons (Fsp3) is 0.357. The van der Waals surface area contributed by atoms with Gasteiger partial charge in [0, 0.05) is 17.9 Å². The van der Waals surface area contributed by atoms with E-state index >= 15 is 0 Å². The van der Waals surface area contributed by atoms with Crippen LogP contribution in [0.2, 0.25) is 0 Å². The Morgan fingerprint density at radius 3 is 2.33 bits per heavy atom. The molecular formula is C28H23F3N2O6. The number of carbonyl (C=O) groups is 2. The molecule has 3 aromatic carbocycles. The highest BCUT2D eigenvalue weighted by Crippen LogP contribution is 2.62. The number of nitro benzene ring substituents is 1. The van der Waals surface area contributed by atoms with Crippen molar-refractivity contribution < 1.29 is 37.2 Å². The van der Waals surface area contributed by atoms with Gasteiger partial charge in [0.2, 0.25) is 11.8 Å². The summed E-state index contributed by atoms with van der Waals surface area (Å²) < 4.78 is 50.7. The molecule has 0 aliphatic carbocycles. The number of rotatable bonds is 6. The second-order valence-electron chi connectivity index (χ2n) is 10.5. The van der Waals surface area contributed by atoms with E-state index in [2.05, 4.69) is 0 Å². The van der Waals surface area contributed by atoms with Crippen molar-refractivity contribution >= 4 is 34.0 Å². The van der Waals surface area contributed by atoms with E-state index in [1.807, 2.05) is 6.92 Å². The number of carbonyl (C=O) groups excluding carboxylic acids is 2. The highest BCUT2D eigenvalue weighted by Gasteiger charge is 2.73. The fourth-order valence-electron chi connectivity index (χ4n) is 6.55. The highest BCUT2D eigenvalue weighted by atomic mass is 19.4. The average molecular weight is 540 g/mol. The molecule has 3 fully saturated rings. The highest BCUT2D eigenvalue weighted by molar-refractivity contribution is 6.26. The van der Waals surface area contributed by atoms with Gasteiger partial charge in [0.1, 0.15) is 5.75 Å². The van der Waals surface area contributed by atoms with Gasteiger partial charge in [-0.25, -0.2) is 4.90 Å². The lowest BCUT2D eigenvalue weighted by molar-refractivity contribution is -0.383. The lowest BCUT2D eigenvalue weighted by Gasteiger charge is -2.31. The van der Waals surface area contributed by atoms with Crippen molar-refractivity contribution in [2.75, 3.05) is 11.5 Å². The molecule has 4 unspecified atom stereocenters. The van der Waals surface area contributed by atoms with Crippen molar-refractivity contribution in [3.63, 3.8) is 0 Å². The van der Waals surface area contributed by atoms with Crippen LogP contribution in [0.15, 0.2) is 60.7 Å². The molecule has 3 aliphatic rings. The molecular weight excluding hydrogens is 517 g/mol. The quantitative estimate of drug-likeness (QED) is 0.227. The zero-order valence-electron chi connectivity index (χ0n) is 20.7. The molecule has 39 heavy (non-hydrogen) atoms. The first kappa shape index (κ1) is 25.3. The van der Waals surface area contributed by atoms with Gasteiger partial charge in [0.15, 0.2) is 0 Å². The number of anilines is 1. The predicted molar refractivity (Wildman–Crippen MR) is 133 cm³/mol. The molecule has 0 saturated carbocycles. The van der Waals surface area contributed by atoms with E-state index in [0.717, 1.165) is 17.0 Å². The smallest absolute Gasteiger partial charge is 0.416 e. The van der Waals surface area contributed by atoms with E-state index < -0.39 is 51.5 Å². The van der Waals surface area contributed by atoms with Gasteiger partial charge in [-0.2, -0.15) is 13.2 Å². The third-order valence-electron chi connectivity index (χ3n) is 8.30. The fourth-order valence-corrected chi connectivity index (χ4v) is 6.55. The van der Waals surface area contributed by atoms with Crippen LogP contribution in [0.3, 0.4) is 0 Å². The largest absolute Gasteiger partial charge is 0.493 e. The zero-order valence-corrected chi connectivity index (χ0v) is 20.7. The molecule has 0 radical (unpaired) electrons. The number of halogens is 3. The van der Waals surface area contributed by atoms with Gasteiger partial charge in [0.25, 0.3) is 5.69 Å². The number of benzene rings is 3. The van der Waals surface area contributed by atoms with Crippen LogP contribution < -0.4 is 9.64 Å². The standard InChI is InChI=1S/C28H23F3N2O6/c1-26-12-13-27(39-26,14-15-38-17-8-6-16(7-9-17)28(29,30)31)23-22(26)24(34)32(25(23)35)20-10-11-21(33(36)37)19-5-3-2-4-18(19)20/h2-11,22-23H,12-15H2,1H3. The molecule has 11 heteroatoms. The molecule has 2 bridgehead atoms. The maximum atomic E-state index is 13.9. The minimum atomic E-state index is -4.45. The number of nitrogens with zero attached hydrogens (tertiary/aromatic N) is 2. The number of ether oxygens (including phenoxy) is 2.